The molecule has 6 heteroatoms. The molecule has 17 heavy (non-hydrogen) atoms. The monoisotopic (exact) mass is 271 g/mol. The van der Waals surface area contributed by atoms with Gasteiger partial charge in [0.15, 0.2) is 0 Å². The molecule has 0 fully saturated rings. The van der Waals surface area contributed by atoms with Gasteiger partial charge in [0.2, 0.25) is 5.91 Å². The van der Waals surface area contributed by atoms with Gasteiger partial charge in [-0.3, -0.25) is 4.79 Å². The zero-order valence-electron chi connectivity index (χ0n) is 9.30. The molecular weight excluding hydrogens is 258 g/mol. The molecule has 1 amide bonds. The second-order valence-corrected chi connectivity index (χ2v) is 5.57. The number of carbonyl (C=O) groups excluding carboxylic acids is 1. The summed E-state index contributed by atoms with van der Waals surface area (Å²) < 4.78 is 0. The summed E-state index contributed by atoms with van der Waals surface area (Å²) >= 11 is 2.50. The first-order valence-corrected chi connectivity index (χ1v) is 6.67. The van der Waals surface area contributed by atoms with Crippen LogP contribution < -0.4 is 5.32 Å². The Morgan fingerprint density at radius 3 is 2.94 bits per heavy atom. The van der Waals surface area contributed by atoms with Crippen molar-refractivity contribution < 1.29 is 14.7 Å². The average molecular weight is 271 g/mol. The molecule has 1 rings (SSSR count). The Morgan fingerprint density at radius 1 is 1.71 bits per heavy atom. The Morgan fingerprint density at radius 2 is 2.41 bits per heavy atom. The number of thiophene rings is 1. The number of thioether (sulfide) groups is 1. The lowest BCUT2D eigenvalue weighted by Gasteiger charge is -2.09. The predicted octanol–water partition coefficient (Wildman–Crippen LogP) is 2.23. The van der Waals surface area contributed by atoms with Crippen LogP contribution in [-0.4, -0.2) is 28.8 Å². The van der Waals surface area contributed by atoms with Crippen LogP contribution in [0.4, 0.5) is 0 Å². The van der Waals surface area contributed by atoms with Gasteiger partial charge in [-0.25, -0.2) is 4.79 Å². The standard InChI is InChI=1S/C11H13NO3S2/c1-3-4-12-10(13)7(2)17-8-5-9(11(14)15)16-6-8/h3,5-7H,1,4H2,2H3,(H,12,13)(H,14,15). The van der Waals surface area contributed by atoms with Crippen molar-refractivity contribution in [3.05, 3.63) is 29.0 Å². The Labute approximate surface area is 108 Å². The van der Waals surface area contributed by atoms with Crippen molar-refractivity contribution in [3.8, 4) is 0 Å². The third kappa shape index (κ3) is 4.24. The van der Waals surface area contributed by atoms with E-state index in [9.17, 15) is 9.59 Å². The molecule has 0 aliphatic carbocycles. The molecule has 0 bridgehead atoms. The van der Waals surface area contributed by atoms with Gasteiger partial charge >= 0.3 is 5.97 Å². The summed E-state index contributed by atoms with van der Waals surface area (Å²) in [6.07, 6.45) is 1.61. The Balaban J connectivity index is 2.54. The maximum Gasteiger partial charge on any atom is 0.345 e. The summed E-state index contributed by atoms with van der Waals surface area (Å²) in [4.78, 5) is 23.3. The molecule has 1 unspecified atom stereocenters. The van der Waals surface area contributed by atoms with Crippen molar-refractivity contribution in [1.29, 1.82) is 0 Å². The second-order valence-electron chi connectivity index (χ2n) is 3.25. The van der Waals surface area contributed by atoms with E-state index in [0.29, 0.717) is 6.54 Å². The molecule has 1 atom stereocenters. The largest absolute Gasteiger partial charge is 0.477 e. The SMILES string of the molecule is C=CCNC(=O)C(C)Sc1csc(C(=O)O)c1. The third-order valence-electron chi connectivity index (χ3n) is 1.89. The van der Waals surface area contributed by atoms with Crippen LogP contribution in [0.3, 0.4) is 0 Å². The van der Waals surface area contributed by atoms with Gasteiger partial charge in [0, 0.05) is 16.8 Å². The lowest BCUT2D eigenvalue weighted by Crippen LogP contribution is -2.30. The maximum absolute atomic E-state index is 11.6. The zero-order chi connectivity index (χ0) is 12.8. The predicted molar refractivity (Wildman–Crippen MR) is 69.8 cm³/mol. The van der Waals surface area contributed by atoms with E-state index in [1.807, 2.05) is 0 Å². The number of carboxylic acids is 1. The fraction of sp³-hybridized carbons (Fsp3) is 0.273. The van der Waals surface area contributed by atoms with Crippen molar-refractivity contribution in [3.63, 3.8) is 0 Å². The number of amides is 1. The first kappa shape index (κ1) is 13.8. The van der Waals surface area contributed by atoms with Crippen LogP contribution in [-0.2, 0) is 4.79 Å². The molecule has 4 nitrogen and oxygen atoms in total. The normalized spacial score (nSPS) is 11.8. The van der Waals surface area contributed by atoms with E-state index < -0.39 is 5.97 Å². The van der Waals surface area contributed by atoms with Crippen molar-refractivity contribution in [2.75, 3.05) is 6.54 Å². The van der Waals surface area contributed by atoms with E-state index in [4.69, 9.17) is 5.11 Å². The van der Waals surface area contributed by atoms with Crippen LogP contribution in [0.1, 0.15) is 16.6 Å². The smallest absolute Gasteiger partial charge is 0.345 e. The summed E-state index contributed by atoms with van der Waals surface area (Å²) in [5, 5.41) is 12.9. The number of aromatic carboxylic acids is 1. The van der Waals surface area contributed by atoms with E-state index in [1.165, 1.54) is 11.8 Å². The van der Waals surface area contributed by atoms with Gasteiger partial charge in [0.25, 0.3) is 0 Å². The maximum atomic E-state index is 11.6. The van der Waals surface area contributed by atoms with Crippen molar-refractivity contribution in [1.82, 2.24) is 5.32 Å². The van der Waals surface area contributed by atoms with Crippen LogP contribution in [0.25, 0.3) is 0 Å². The fourth-order valence-electron chi connectivity index (χ4n) is 1.07. The van der Waals surface area contributed by atoms with Gasteiger partial charge < -0.3 is 10.4 Å². The molecular formula is C11H13NO3S2. The van der Waals surface area contributed by atoms with E-state index in [-0.39, 0.29) is 16.0 Å². The van der Waals surface area contributed by atoms with Gasteiger partial charge in [0.1, 0.15) is 4.88 Å². The highest BCUT2D eigenvalue weighted by Crippen LogP contribution is 2.28. The highest BCUT2D eigenvalue weighted by molar-refractivity contribution is 8.00. The van der Waals surface area contributed by atoms with Gasteiger partial charge in [-0.15, -0.1) is 29.7 Å². The van der Waals surface area contributed by atoms with Crippen LogP contribution in [0.15, 0.2) is 29.0 Å². The number of hydrogen-bond acceptors (Lipinski definition) is 4. The number of nitrogens with one attached hydrogen (secondary N) is 1. The minimum atomic E-state index is -0.939. The minimum Gasteiger partial charge on any atom is -0.477 e. The molecule has 92 valence electrons. The highest BCUT2D eigenvalue weighted by atomic mass is 32.2. The highest BCUT2D eigenvalue weighted by Gasteiger charge is 2.15. The van der Waals surface area contributed by atoms with Crippen LogP contribution >= 0.6 is 23.1 Å². The number of rotatable bonds is 6. The van der Waals surface area contributed by atoms with Crippen LogP contribution in [0.5, 0.6) is 0 Å². The summed E-state index contributed by atoms with van der Waals surface area (Å²) in [6, 6.07) is 1.58. The van der Waals surface area contributed by atoms with Gasteiger partial charge in [-0.1, -0.05) is 6.08 Å². The molecule has 0 aliphatic heterocycles. The lowest BCUT2D eigenvalue weighted by atomic mass is 10.4. The van der Waals surface area contributed by atoms with Crippen molar-refractivity contribution >= 4 is 35.0 Å². The first-order chi connectivity index (χ1) is 8.04. The van der Waals surface area contributed by atoms with Crippen LogP contribution in [0, 0.1) is 0 Å². The molecule has 0 saturated carbocycles. The molecule has 0 spiro atoms. The van der Waals surface area contributed by atoms with E-state index in [0.717, 1.165) is 16.2 Å². The van der Waals surface area contributed by atoms with E-state index in [2.05, 4.69) is 11.9 Å². The van der Waals surface area contributed by atoms with Crippen molar-refractivity contribution in [2.24, 2.45) is 0 Å². The molecule has 0 aromatic carbocycles. The quantitative estimate of drug-likeness (QED) is 0.615. The molecule has 1 aromatic heterocycles. The number of carboxylic acid groups (broad SMARTS) is 1. The van der Waals surface area contributed by atoms with Gasteiger partial charge in [-0.2, -0.15) is 0 Å². The third-order valence-corrected chi connectivity index (χ3v) is 4.03. The molecule has 1 heterocycles. The summed E-state index contributed by atoms with van der Waals surface area (Å²) in [5.41, 5.74) is 0. The number of carbonyl (C=O) groups is 2. The zero-order valence-corrected chi connectivity index (χ0v) is 10.9. The number of hydrogen-bond donors (Lipinski definition) is 2. The van der Waals surface area contributed by atoms with Crippen LogP contribution in [0.2, 0.25) is 0 Å². The Hall–Kier alpha value is -1.27. The first-order valence-electron chi connectivity index (χ1n) is 4.91. The molecule has 0 aliphatic rings. The summed E-state index contributed by atoms with van der Waals surface area (Å²) in [7, 11) is 0. The lowest BCUT2D eigenvalue weighted by molar-refractivity contribution is -0.120. The van der Waals surface area contributed by atoms with Gasteiger partial charge in [0.05, 0.1) is 5.25 Å². The minimum absolute atomic E-state index is 0.0852. The Kier molecular flexibility index (Phi) is 5.24. The summed E-state index contributed by atoms with van der Waals surface area (Å²) in [5.74, 6) is -1.02. The van der Waals surface area contributed by atoms with Crippen molar-refractivity contribution in [2.45, 2.75) is 17.1 Å². The molecule has 0 saturated heterocycles. The summed E-state index contributed by atoms with van der Waals surface area (Å²) in [6.45, 7) is 5.73. The topological polar surface area (TPSA) is 66.4 Å². The molecule has 0 radical (unpaired) electrons. The average Bonchev–Trinajstić information content (AvgIpc) is 2.74. The van der Waals surface area contributed by atoms with E-state index in [1.54, 1.807) is 24.4 Å². The fourth-order valence-corrected chi connectivity index (χ4v) is 2.90. The Bertz CT molecular complexity index is 428. The van der Waals surface area contributed by atoms with E-state index >= 15 is 0 Å². The molecule has 2 N–H and O–H groups in total. The molecule has 1 aromatic rings. The van der Waals surface area contributed by atoms with Gasteiger partial charge in [-0.05, 0) is 13.0 Å². The second kappa shape index (κ2) is 6.46.